The maximum atomic E-state index is 12.7. The lowest BCUT2D eigenvalue weighted by Crippen LogP contribution is -2.35. The van der Waals surface area contributed by atoms with Gasteiger partial charge in [-0.3, -0.25) is 14.4 Å². The molecule has 0 spiro atoms. The first kappa shape index (κ1) is 19.7. The molecule has 2 rings (SSSR count). The van der Waals surface area contributed by atoms with Crippen LogP contribution in [-0.2, 0) is 11.2 Å². The van der Waals surface area contributed by atoms with Gasteiger partial charge in [0, 0.05) is 18.3 Å². The van der Waals surface area contributed by atoms with Gasteiger partial charge in [-0.2, -0.15) is 0 Å². The summed E-state index contributed by atoms with van der Waals surface area (Å²) in [5.41, 5.74) is 2.72. The molecule has 0 fully saturated rings. The number of aromatic nitrogens is 1. The van der Waals surface area contributed by atoms with Gasteiger partial charge in [0.1, 0.15) is 5.69 Å². The van der Waals surface area contributed by atoms with Gasteiger partial charge in [-0.25, -0.2) is 0 Å². The number of nitrogens with zero attached hydrogens (tertiary/aromatic N) is 1. The van der Waals surface area contributed by atoms with E-state index in [4.69, 9.17) is 11.6 Å². The van der Waals surface area contributed by atoms with Crippen LogP contribution in [0.25, 0.3) is 0 Å². The highest BCUT2D eigenvalue weighted by atomic mass is 35.5. The van der Waals surface area contributed by atoms with Crippen molar-refractivity contribution in [2.45, 2.75) is 27.2 Å². The van der Waals surface area contributed by atoms with Crippen LogP contribution < -0.4 is 5.32 Å². The number of aromatic amines is 1. The van der Waals surface area contributed by atoms with E-state index in [2.05, 4.69) is 10.3 Å². The fraction of sp³-hybridized carbons (Fsp3) is 0.316. The second kappa shape index (κ2) is 8.19. The molecule has 0 atom stereocenters. The van der Waals surface area contributed by atoms with Gasteiger partial charge in [-0.1, -0.05) is 30.7 Å². The number of H-pyrrole nitrogens is 1. The number of amides is 2. The second-order valence-electron chi connectivity index (χ2n) is 6.08. The summed E-state index contributed by atoms with van der Waals surface area (Å²) in [5, 5.41) is 3.11. The molecule has 2 amide bonds. The third-order valence-corrected chi connectivity index (χ3v) is 4.42. The van der Waals surface area contributed by atoms with Crippen molar-refractivity contribution in [1.82, 2.24) is 9.88 Å². The summed E-state index contributed by atoms with van der Waals surface area (Å²) < 4.78 is 0. The lowest BCUT2D eigenvalue weighted by molar-refractivity contribution is -0.116. The van der Waals surface area contributed by atoms with Gasteiger partial charge in [0.25, 0.3) is 5.91 Å². The van der Waals surface area contributed by atoms with Crippen LogP contribution >= 0.6 is 11.6 Å². The number of ketones is 1. The Hall–Kier alpha value is -2.60. The van der Waals surface area contributed by atoms with Crippen LogP contribution in [0, 0.1) is 6.92 Å². The van der Waals surface area contributed by atoms with Crippen molar-refractivity contribution in [3.8, 4) is 0 Å². The summed E-state index contributed by atoms with van der Waals surface area (Å²) >= 11 is 6.02. The molecule has 0 aliphatic heterocycles. The fourth-order valence-corrected chi connectivity index (χ4v) is 3.10. The minimum absolute atomic E-state index is 0.0891. The molecular formula is C19H22ClN3O3. The minimum atomic E-state index is -0.359. The Morgan fingerprint density at radius 2 is 1.88 bits per heavy atom. The monoisotopic (exact) mass is 375 g/mol. The van der Waals surface area contributed by atoms with E-state index >= 15 is 0 Å². The third-order valence-electron chi connectivity index (χ3n) is 4.09. The van der Waals surface area contributed by atoms with Gasteiger partial charge in [0.15, 0.2) is 5.78 Å². The standard InChI is InChI=1S/C19H22ClN3O3/c1-5-13-17(12(3)24)11(2)21-18(13)19(26)23(4)10-16(25)22-15-9-7-6-8-14(15)20/h6-9,21H,5,10H2,1-4H3,(H,22,25). The van der Waals surface area contributed by atoms with Crippen molar-refractivity contribution in [2.24, 2.45) is 0 Å². The number of Topliss-reactive ketones (excluding diaryl/α,β-unsaturated/α-hetero) is 1. The predicted octanol–water partition coefficient (Wildman–Crippen LogP) is 3.45. The fourth-order valence-electron chi connectivity index (χ4n) is 2.92. The molecule has 0 bridgehead atoms. The Bertz CT molecular complexity index is 858. The molecule has 0 unspecified atom stereocenters. The van der Waals surface area contributed by atoms with Crippen molar-refractivity contribution in [3.05, 3.63) is 51.8 Å². The summed E-state index contributed by atoms with van der Waals surface area (Å²) in [6.45, 7) is 4.98. The molecule has 0 saturated heterocycles. The van der Waals surface area contributed by atoms with E-state index < -0.39 is 0 Å². The van der Waals surface area contributed by atoms with Crippen molar-refractivity contribution >= 4 is 34.9 Å². The number of benzene rings is 1. The predicted molar refractivity (Wildman–Crippen MR) is 102 cm³/mol. The number of nitrogens with one attached hydrogen (secondary N) is 2. The number of carbonyl (C=O) groups excluding carboxylic acids is 3. The van der Waals surface area contributed by atoms with E-state index in [9.17, 15) is 14.4 Å². The molecule has 26 heavy (non-hydrogen) atoms. The van der Waals surface area contributed by atoms with Crippen LogP contribution in [0.15, 0.2) is 24.3 Å². The van der Waals surface area contributed by atoms with Crippen molar-refractivity contribution in [2.75, 3.05) is 18.9 Å². The normalized spacial score (nSPS) is 10.5. The summed E-state index contributed by atoms with van der Waals surface area (Å²) in [4.78, 5) is 41.1. The third kappa shape index (κ3) is 4.14. The summed E-state index contributed by atoms with van der Waals surface area (Å²) in [6.07, 6.45) is 0.542. The van der Waals surface area contributed by atoms with Gasteiger partial charge in [0.2, 0.25) is 5.91 Å². The topological polar surface area (TPSA) is 82.3 Å². The molecule has 138 valence electrons. The number of carbonyl (C=O) groups is 3. The summed E-state index contributed by atoms with van der Waals surface area (Å²) in [6, 6.07) is 6.88. The molecule has 0 saturated carbocycles. The number of rotatable bonds is 6. The van der Waals surface area contributed by atoms with E-state index in [0.29, 0.717) is 39.6 Å². The van der Waals surface area contributed by atoms with E-state index in [0.717, 1.165) is 0 Å². The van der Waals surface area contributed by atoms with Gasteiger partial charge in [0.05, 0.1) is 17.3 Å². The lowest BCUT2D eigenvalue weighted by Gasteiger charge is -2.17. The average Bonchev–Trinajstić information content (AvgIpc) is 2.92. The molecule has 6 nitrogen and oxygen atoms in total. The minimum Gasteiger partial charge on any atom is -0.354 e. The van der Waals surface area contributed by atoms with Crippen molar-refractivity contribution in [3.63, 3.8) is 0 Å². The van der Waals surface area contributed by atoms with Crippen molar-refractivity contribution < 1.29 is 14.4 Å². The van der Waals surface area contributed by atoms with Crippen LogP contribution in [0.3, 0.4) is 0 Å². The Balaban J connectivity index is 2.15. The number of para-hydroxylation sites is 1. The zero-order valence-electron chi connectivity index (χ0n) is 15.3. The Kier molecular flexibility index (Phi) is 6.21. The number of aryl methyl sites for hydroxylation is 1. The first-order valence-electron chi connectivity index (χ1n) is 8.28. The molecule has 2 N–H and O–H groups in total. The molecule has 0 radical (unpaired) electrons. The summed E-state index contributed by atoms with van der Waals surface area (Å²) in [5.74, 6) is -0.789. The maximum Gasteiger partial charge on any atom is 0.270 e. The Morgan fingerprint density at radius 1 is 1.23 bits per heavy atom. The van der Waals surface area contributed by atoms with Gasteiger partial charge >= 0.3 is 0 Å². The second-order valence-corrected chi connectivity index (χ2v) is 6.48. The largest absolute Gasteiger partial charge is 0.354 e. The summed E-state index contributed by atoms with van der Waals surface area (Å²) in [7, 11) is 1.54. The van der Waals surface area contributed by atoms with Crippen LogP contribution in [-0.4, -0.2) is 41.1 Å². The molecule has 0 aliphatic carbocycles. The molecule has 0 aliphatic rings. The number of likely N-dealkylation sites (N-methyl/N-ethyl adjacent to an activating group) is 1. The average molecular weight is 376 g/mol. The van der Waals surface area contributed by atoms with Gasteiger partial charge in [-0.05, 0) is 38.0 Å². The molecule has 1 heterocycles. The van der Waals surface area contributed by atoms with Gasteiger partial charge < -0.3 is 15.2 Å². The number of hydrogen-bond acceptors (Lipinski definition) is 3. The highest BCUT2D eigenvalue weighted by Crippen LogP contribution is 2.22. The van der Waals surface area contributed by atoms with Crippen LogP contribution in [0.2, 0.25) is 5.02 Å². The number of anilines is 1. The van der Waals surface area contributed by atoms with Crippen LogP contribution in [0.4, 0.5) is 5.69 Å². The highest BCUT2D eigenvalue weighted by molar-refractivity contribution is 6.33. The van der Waals surface area contributed by atoms with E-state index in [1.54, 1.807) is 31.2 Å². The molecular weight excluding hydrogens is 354 g/mol. The maximum absolute atomic E-state index is 12.7. The lowest BCUT2D eigenvalue weighted by atomic mass is 10.0. The molecule has 1 aromatic carbocycles. The van der Waals surface area contributed by atoms with Crippen LogP contribution in [0.1, 0.15) is 46.0 Å². The Labute approximate surface area is 157 Å². The van der Waals surface area contributed by atoms with Gasteiger partial charge in [-0.15, -0.1) is 0 Å². The van der Waals surface area contributed by atoms with E-state index in [-0.39, 0.29) is 24.1 Å². The van der Waals surface area contributed by atoms with Crippen molar-refractivity contribution in [1.29, 1.82) is 0 Å². The number of halogens is 1. The first-order valence-corrected chi connectivity index (χ1v) is 8.66. The molecule has 1 aromatic heterocycles. The molecule has 2 aromatic rings. The number of hydrogen-bond donors (Lipinski definition) is 2. The van der Waals surface area contributed by atoms with Crippen LogP contribution in [0.5, 0.6) is 0 Å². The Morgan fingerprint density at radius 3 is 2.46 bits per heavy atom. The zero-order chi connectivity index (χ0) is 19.4. The zero-order valence-corrected chi connectivity index (χ0v) is 16.0. The first-order chi connectivity index (χ1) is 12.3. The quantitative estimate of drug-likeness (QED) is 0.758. The SMILES string of the molecule is CCc1c(C(=O)N(C)CC(=O)Nc2ccccc2Cl)[nH]c(C)c1C(C)=O. The van der Waals surface area contributed by atoms with E-state index in [1.165, 1.54) is 18.9 Å². The molecule has 7 heteroatoms. The highest BCUT2D eigenvalue weighted by Gasteiger charge is 2.24. The smallest absolute Gasteiger partial charge is 0.270 e. The van der Waals surface area contributed by atoms with E-state index in [1.807, 2.05) is 6.92 Å².